The van der Waals surface area contributed by atoms with E-state index in [1.807, 2.05) is 14.0 Å². The highest BCUT2D eigenvalue weighted by Gasteiger charge is 2.49. The number of fused-ring (bicyclic) bond motifs is 1. The molecule has 110 valence electrons. The highest BCUT2D eigenvalue weighted by atomic mass is 16.1. The maximum absolute atomic E-state index is 12.1. The monoisotopic (exact) mass is 276 g/mol. The van der Waals surface area contributed by atoms with Crippen LogP contribution < -0.4 is 11.1 Å². The van der Waals surface area contributed by atoms with Crippen molar-refractivity contribution in [2.45, 2.75) is 57.5 Å². The van der Waals surface area contributed by atoms with Crippen LogP contribution in [-0.4, -0.2) is 28.0 Å². The summed E-state index contributed by atoms with van der Waals surface area (Å²) in [5.41, 5.74) is 7.65. The summed E-state index contributed by atoms with van der Waals surface area (Å²) >= 11 is 0. The molecule has 1 heterocycles. The molecule has 3 rings (SSSR count). The second-order valence-corrected chi connectivity index (χ2v) is 6.21. The molecule has 0 spiro atoms. The van der Waals surface area contributed by atoms with Gasteiger partial charge in [-0.1, -0.05) is 0 Å². The molecule has 0 aliphatic heterocycles. The van der Waals surface area contributed by atoms with Gasteiger partial charge in [0.25, 0.3) is 0 Å². The van der Waals surface area contributed by atoms with E-state index in [-0.39, 0.29) is 5.91 Å². The van der Waals surface area contributed by atoms with Crippen molar-refractivity contribution in [3.8, 4) is 0 Å². The molecule has 2 aliphatic carbocycles. The van der Waals surface area contributed by atoms with Crippen LogP contribution in [0.25, 0.3) is 0 Å². The van der Waals surface area contributed by atoms with Crippen molar-refractivity contribution >= 4 is 5.91 Å². The van der Waals surface area contributed by atoms with Gasteiger partial charge in [-0.3, -0.25) is 4.79 Å². The summed E-state index contributed by atoms with van der Waals surface area (Å²) in [6.45, 7) is 2.66. The van der Waals surface area contributed by atoms with Gasteiger partial charge >= 0.3 is 0 Å². The Labute approximate surface area is 119 Å². The number of likely N-dealkylation sites (N-methyl/N-ethyl adjacent to an activating group) is 1. The second kappa shape index (κ2) is 4.88. The molecular weight excluding hydrogens is 252 g/mol. The Morgan fingerprint density at radius 1 is 1.45 bits per heavy atom. The molecule has 1 fully saturated rings. The van der Waals surface area contributed by atoms with Crippen LogP contribution in [0.5, 0.6) is 0 Å². The number of hydrogen-bond donors (Lipinski definition) is 2. The number of nitrogens with two attached hydrogens (primary N) is 1. The molecule has 1 aromatic heterocycles. The molecule has 0 aromatic carbocycles. The molecule has 0 radical (unpaired) electrons. The summed E-state index contributed by atoms with van der Waals surface area (Å²) in [6.07, 6.45) is 6.73. The van der Waals surface area contributed by atoms with E-state index in [4.69, 9.17) is 10.7 Å². The lowest BCUT2D eigenvalue weighted by molar-refractivity contribution is -0.125. The van der Waals surface area contributed by atoms with Gasteiger partial charge in [0.2, 0.25) is 5.91 Å². The molecule has 1 amide bonds. The summed E-state index contributed by atoms with van der Waals surface area (Å²) in [5, 5.41) is 3.23. The van der Waals surface area contributed by atoms with E-state index >= 15 is 0 Å². The first-order chi connectivity index (χ1) is 9.58. The van der Waals surface area contributed by atoms with Gasteiger partial charge < -0.3 is 15.6 Å². The van der Waals surface area contributed by atoms with Crippen molar-refractivity contribution in [1.29, 1.82) is 0 Å². The first-order valence-corrected chi connectivity index (χ1v) is 7.62. The normalized spacial score (nSPS) is 21.3. The topological polar surface area (TPSA) is 72.9 Å². The van der Waals surface area contributed by atoms with E-state index in [1.54, 1.807) is 0 Å². The zero-order valence-electron chi connectivity index (χ0n) is 12.4. The standard InChI is InChI=1S/C15H24N4O/c1-10-18-12-5-3-4-6-13(12)19(10)9-15(17-2,14(16)20)11-7-8-11/h11,17H,3-9H2,1-2H3,(H2,16,20). The molecule has 1 saturated carbocycles. The van der Waals surface area contributed by atoms with Crippen LogP contribution in [0.3, 0.4) is 0 Å². The van der Waals surface area contributed by atoms with Crippen LogP contribution in [0.15, 0.2) is 0 Å². The van der Waals surface area contributed by atoms with Gasteiger partial charge in [0.1, 0.15) is 11.4 Å². The fraction of sp³-hybridized carbons (Fsp3) is 0.733. The Bertz CT molecular complexity index is 532. The lowest BCUT2D eigenvalue weighted by Crippen LogP contribution is -2.58. The van der Waals surface area contributed by atoms with Crippen molar-refractivity contribution in [3.63, 3.8) is 0 Å². The third-order valence-corrected chi connectivity index (χ3v) is 4.99. The Morgan fingerprint density at radius 3 is 2.75 bits per heavy atom. The number of primary amides is 1. The van der Waals surface area contributed by atoms with Crippen LogP contribution in [0, 0.1) is 12.8 Å². The van der Waals surface area contributed by atoms with Gasteiger partial charge in [-0.05, 0) is 58.4 Å². The van der Waals surface area contributed by atoms with E-state index in [9.17, 15) is 4.79 Å². The SMILES string of the molecule is CNC(Cn1c(C)nc2c1CCCC2)(C(N)=O)C1CC1. The summed E-state index contributed by atoms with van der Waals surface area (Å²) in [5.74, 6) is 1.14. The lowest BCUT2D eigenvalue weighted by atomic mass is 9.91. The van der Waals surface area contributed by atoms with Gasteiger partial charge in [-0.2, -0.15) is 0 Å². The molecule has 2 aliphatic rings. The smallest absolute Gasteiger partial charge is 0.239 e. The van der Waals surface area contributed by atoms with Crippen LogP contribution in [0.4, 0.5) is 0 Å². The van der Waals surface area contributed by atoms with E-state index in [1.165, 1.54) is 24.2 Å². The third kappa shape index (κ3) is 2.04. The number of aromatic nitrogens is 2. The van der Waals surface area contributed by atoms with E-state index in [0.717, 1.165) is 31.5 Å². The van der Waals surface area contributed by atoms with Crippen molar-refractivity contribution in [2.24, 2.45) is 11.7 Å². The average molecular weight is 276 g/mol. The summed E-state index contributed by atoms with van der Waals surface area (Å²) in [7, 11) is 1.85. The minimum absolute atomic E-state index is 0.236. The third-order valence-electron chi connectivity index (χ3n) is 4.99. The maximum Gasteiger partial charge on any atom is 0.239 e. The predicted octanol–water partition coefficient (Wildman–Crippen LogP) is 0.924. The van der Waals surface area contributed by atoms with Crippen LogP contribution in [0.2, 0.25) is 0 Å². The van der Waals surface area contributed by atoms with Crippen molar-refractivity contribution in [1.82, 2.24) is 14.9 Å². The largest absolute Gasteiger partial charge is 0.368 e. The molecule has 1 aromatic rings. The number of carbonyl (C=O) groups excluding carboxylic acids is 1. The molecular formula is C15H24N4O. The van der Waals surface area contributed by atoms with Gasteiger partial charge in [0, 0.05) is 5.69 Å². The number of nitrogens with zero attached hydrogens (tertiary/aromatic N) is 2. The minimum Gasteiger partial charge on any atom is -0.368 e. The Kier molecular flexibility index (Phi) is 3.32. The van der Waals surface area contributed by atoms with E-state index in [2.05, 4.69) is 9.88 Å². The molecule has 5 nitrogen and oxygen atoms in total. The molecule has 0 bridgehead atoms. The van der Waals surface area contributed by atoms with Crippen LogP contribution in [-0.2, 0) is 24.2 Å². The summed E-state index contributed by atoms with van der Waals surface area (Å²) in [6, 6.07) is 0. The number of hydrogen-bond acceptors (Lipinski definition) is 3. The molecule has 1 atom stereocenters. The number of rotatable bonds is 5. The first-order valence-electron chi connectivity index (χ1n) is 7.62. The predicted molar refractivity (Wildman–Crippen MR) is 77.3 cm³/mol. The van der Waals surface area contributed by atoms with Crippen LogP contribution >= 0.6 is 0 Å². The molecule has 20 heavy (non-hydrogen) atoms. The number of carbonyl (C=O) groups is 1. The van der Waals surface area contributed by atoms with Crippen molar-refractivity contribution in [3.05, 3.63) is 17.2 Å². The minimum atomic E-state index is -0.614. The quantitative estimate of drug-likeness (QED) is 0.840. The summed E-state index contributed by atoms with van der Waals surface area (Å²) < 4.78 is 2.23. The lowest BCUT2D eigenvalue weighted by Gasteiger charge is -2.32. The van der Waals surface area contributed by atoms with Crippen molar-refractivity contribution in [2.75, 3.05) is 7.05 Å². The average Bonchev–Trinajstić information content (AvgIpc) is 3.22. The van der Waals surface area contributed by atoms with E-state index < -0.39 is 5.54 Å². The van der Waals surface area contributed by atoms with Gasteiger partial charge in [-0.25, -0.2) is 4.98 Å². The van der Waals surface area contributed by atoms with Crippen molar-refractivity contribution < 1.29 is 4.79 Å². The maximum atomic E-state index is 12.1. The summed E-state index contributed by atoms with van der Waals surface area (Å²) in [4.78, 5) is 16.8. The zero-order valence-corrected chi connectivity index (χ0v) is 12.4. The second-order valence-electron chi connectivity index (χ2n) is 6.21. The number of aryl methyl sites for hydroxylation is 2. The highest BCUT2D eigenvalue weighted by Crippen LogP contribution is 2.41. The molecule has 5 heteroatoms. The number of amides is 1. The number of imidazole rings is 1. The fourth-order valence-electron chi connectivity index (χ4n) is 3.59. The van der Waals surface area contributed by atoms with E-state index in [0.29, 0.717) is 12.5 Å². The highest BCUT2D eigenvalue weighted by molar-refractivity contribution is 5.85. The van der Waals surface area contributed by atoms with Gasteiger partial charge in [-0.15, -0.1) is 0 Å². The molecule has 3 N–H and O–H groups in total. The van der Waals surface area contributed by atoms with Gasteiger partial charge in [0.05, 0.1) is 12.2 Å². The Hall–Kier alpha value is -1.36. The Balaban J connectivity index is 1.97. The van der Waals surface area contributed by atoms with Crippen LogP contribution in [0.1, 0.15) is 42.9 Å². The molecule has 1 unspecified atom stereocenters. The zero-order chi connectivity index (χ0) is 14.3. The first kappa shape index (κ1) is 13.6. The van der Waals surface area contributed by atoms with Gasteiger partial charge in [0.15, 0.2) is 0 Å². The Morgan fingerprint density at radius 2 is 2.15 bits per heavy atom. The fourth-order valence-corrected chi connectivity index (χ4v) is 3.59. The molecule has 0 saturated heterocycles. The number of nitrogens with one attached hydrogen (secondary N) is 1.